The number of carbonyl (C=O) groups is 2. The number of amides is 2. The number of para-hydroxylation sites is 1. The second kappa shape index (κ2) is 7.11. The van der Waals surface area contributed by atoms with Crippen LogP contribution in [0.15, 0.2) is 36.9 Å². The van der Waals surface area contributed by atoms with Crippen LogP contribution in [0.2, 0.25) is 0 Å². The van der Waals surface area contributed by atoms with Gasteiger partial charge in [0.1, 0.15) is 5.75 Å². The molecule has 0 aliphatic carbocycles. The number of likely N-dealkylation sites (tertiary alicyclic amines) is 1. The highest BCUT2D eigenvalue weighted by molar-refractivity contribution is 5.90. The fraction of sp³-hybridized carbons (Fsp3) is 0.412. The summed E-state index contributed by atoms with van der Waals surface area (Å²) in [7, 11) is 1.60. The second-order valence-corrected chi connectivity index (χ2v) is 5.21. The lowest BCUT2D eigenvalue weighted by atomic mass is 9.92. The molecule has 118 valence electrons. The van der Waals surface area contributed by atoms with E-state index in [1.165, 1.54) is 0 Å². The van der Waals surface area contributed by atoms with E-state index in [1.807, 2.05) is 31.2 Å². The zero-order chi connectivity index (χ0) is 16.1. The maximum atomic E-state index is 12.4. The van der Waals surface area contributed by atoms with Crippen molar-refractivity contribution in [2.75, 3.05) is 20.2 Å². The number of hydrogen-bond acceptors (Lipinski definition) is 3. The third-order valence-corrected chi connectivity index (χ3v) is 3.99. The molecular formula is C17H22N2O3. The van der Waals surface area contributed by atoms with Gasteiger partial charge in [0.25, 0.3) is 0 Å². The van der Waals surface area contributed by atoms with E-state index >= 15 is 0 Å². The highest BCUT2D eigenvalue weighted by atomic mass is 16.5. The molecule has 1 aliphatic heterocycles. The first kappa shape index (κ1) is 16.1. The standard InChI is InChI=1S/C17H22N2O3/c1-4-10-18-17(21)13-11-15(20)19(5-2)16(13)12-8-6-7-9-14(12)22-3/h4,6-9,13,16H,1,5,10-11H2,2-3H3,(H,18,21)/t13-,16+/m1/s1. The molecule has 0 radical (unpaired) electrons. The van der Waals surface area contributed by atoms with E-state index in [1.54, 1.807) is 18.1 Å². The van der Waals surface area contributed by atoms with Crippen LogP contribution in [0.5, 0.6) is 5.75 Å². The largest absolute Gasteiger partial charge is 0.496 e. The molecule has 2 rings (SSSR count). The van der Waals surface area contributed by atoms with Gasteiger partial charge in [-0.15, -0.1) is 6.58 Å². The summed E-state index contributed by atoms with van der Waals surface area (Å²) in [6.07, 6.45) is 1.85. The van der Waals surface area contributed by atoms with Crippen molar-refractivity contribution in [2.45, 2.75) is 19.4 Å². The summed E-state index contributed by atoms with van der Waals surface area (Å²) in [5.41, 5.74) is 0.872. The lowest BCUT2D eigenvalue weighted by Crippen LogP contribution is -2.35. The van der Waals surface area contributed by atoms with Crippen molar-refractivity contribution in [3.63, 3.8) is 0 Å². The number of nitrogens with one attached hydrogen (secondary N) is 1. The average Bonchev–Trinajstić information content (AvgIpc) is 2.88. The van der Waals surface area contributed by atoms with Gasteiger partial charge in [-0.3, -0.25) is 9.59 Å². The first-order valence-corrected chi connectivity index (χ1v) is 7.45. The van der Waals surface area contributed by atoms with Crippen LogP contribution in [-0.4, -0.2) is 36.9 Å². The molecular weight excluding hydrogens is 280 g/mol. The Morgan fingerprint density at radius 2 is 2.23 bits per heavy atom. The molecule has 1 N–H and O–H groups in total. The van der Waals surface area contributed by atoms with Crippen LogP contribution in [0.25, 0.3) is 0 Å². The molecule has 0 saturated carbocycles. The Labute approximate surface area is 130 Å². The molecule has 1 saturated heterocycles. The quantitative estimate of drug-likeness (QED) is 0.817. The summed E-state index contributed by atoms with van der Waals surface area (Å²) in [4.78, 5) is 26.4. The minimum Gasteiger partial charge on any atom is -0.496 e. The van der Waals surface area contributed by atoms with Gasteiger partial charge in [0.15, 0.2) is 0 Å². The van der Waals surface area contributed by atoms with Crippen molar-refractivity contribution in [1.29, 1.82) is 0 Å². The van der Waals surface area contributed by atoms with Gasteiger partial charge in [-0.1, -0.05) is 24.3 Å². The molecule has 2 amide bonds. The SMILES string of the molecule is C=CCNC(=O)[C@@H]1CC(=O)N(CC)[C@H]1c1ccccc1OC. The summed E-state index contributed by atoms with van der Waals surface area (Å²) < 4.78 is 5.41. The third-order valence-electron chi connectivity index (χ3n) is 3.99. The van der Waals surface area contributed by atoms with Gasteiger partial charge in [0.05, 0.1) is 19.1 Å². The lowest BCUT2D eigenvalue weighted by Gasteiger charge is -2.28. The summed E-state index contributed by atoms with van der Waals surface area (Å²) in [6.45, 7) is 6.48. The number of hydrogen-bond donors (Lipinski definition) is 1. The molecule has 22 heavy (non-hydrogen) atoms. The number of rotatable bonds is 6. The third kappa shape index (κ3) is 2.98. The Morgan fingerprint density at radius 3 is 2.86 bits per heavy atom. The van der Waals surface area contributed by atoms with Crippen LogP contribution in [0.1, 0.15) is 24.9 Å². The van der Waals surface area contributed by atoms with Crippen molar-refractivity contribution in [2.24, 2.45) is 5.92 Å². The summed E-state index contributed by atoms with van der Waals surface area (Å²) >= 11 is 0. The van der Waals surface area contributed by atoms with Crippen molar-refractivity contribution in [1.82, 2.24) is 10.2 Å². The summed E-state index contributed by atoms with van der Waals surface area (Å²) in [5.74, 6) is 0.156. The lowest BCUT2D eigenvalue weighted by molar-refractivity contribution is -0.129. The van der Waals surface area contributed by atoms with Crippen molar-refractivity contribution >= 4 is 11.8 Å². The van der Waals surface area contributed by atoms with Gasteiger partial charge in [0.2, 0.25) is 11.8 Å². The van der Waals surface area contributed by atoms with Crippen LogP contribution in [-0.2, 0) is 9.59 Å². The van der Waals surface area contributed by atoms with Crippen molar-refractivity contribution in [3.05, 3.63) is 42.5 Å². The van der Waals surface area contributed by atoms with Gasteiger partial charge in [0, 0.05) is 25.1 Å². The van der Waals surface area contributed by atoms with Crippen molar-refractivity contribution < 1.29 is 14.3 Å². The molecule has 5 heteroatoms. The molecule has 1 aliphatic rings. The Bertz CT molecular complexity index is 571. The number of ether oxygens (including phenoxy) is 1. The van der Waals surface area contributed by atoms with E-state index in [9.17, 15) is 9.59 Å². The van der Waals surface area contributed by atoms with Crippen LogP contribution < -0.4 is 10.1 Å². The smallest absolute Gasteiger partial charge is 0.226 e. The molecule has 1 heterocycles. The monoisotopic (exact) mass is 302 g/mol. The van der Waals surface area contributed by atoms with E-state index in [2.05, 4.69) is 11.9 Å². The minimum atomic E-state index is -0.413. The van der Waals surface area contributed by atoms with E-state index < -0.39 is 5.92 Å². The maximum absolute atomic E-state index is 12.4. The Balaban J connectivity index is 2.38. The fourth-order valence-electron chi connectivity index (χ4n) is 3.00. The van der Waals surface area contributed by atoms with Gasteiger partial charge in [-0.05, 0) is 13.0 Å². The number of carbonyl (C=O) groups excluding carboxylic acids is 2. The summed E-state index contributed by atoms with van der Waals surface area (Å²) in [6, 6.07) is 7.25. The Kier molecular flexibility index (Phi) is 5.20. The Morgan fingerprint density at radius 1 is 1.50 bits per heavy atom. The van der Waals surface area contributed by atoms with Crippen LogP contribution in [0.4, 0.5) is 0 Å². The topological polar surface area (TPSA) is 58.6 Å². The zero-order valence-corrected chi connectivity index (χ0v) is 13.0. The highest BCUT2D eigenvalue weighted by Crippen LogP contribution is 2.41. The molecule has 1 aromatic rings. The molecule has 0 unspecified atom stereocenters. The zero-order valence-electron chi connectivity index (χ0n) is 13.0. The highest BCUT2D eigenvalue weighted by Gasteiger charge is 2.44. The maximum Gasteiger partial charge on any atom is 0.226 e. The van der Waals surface area contributed by atoms with Gasteiger partial charge < -0.3 is 15.0 Å². The Hall–Kier alpha value is -2.30. The normalized spacial score (nSPS) is 20.8. The summed E-state index contributed by atoms with van der Waals surface area (Å²) in [5, 5.41) is 2.80. The molecule has 0 spiro atoms. The molecule has 0 aromatic heterocycles. The van der Waals surface area contributed by atoms with Crippen LogP contribution in [0.3, 0.4) is 0 Å². The second-order valence-electron chi connectivity index (χ2n) is 5.21. The minimum absolute atomic E-state index is 0.00263. The molecule has 2 atom stereocenters. The molecule has 1 aromatic carbocycles. The molecule has 5 nitrogen and oxygen atoms in total. The first-order chi connectivity index (χ1) is 10.6. The predicted molar refractivity (Wildman–Crippen MR) is 84.4 cm³/mol. The van der Waals surface area contributed by atoms with E-state index in [0.717, 1.165) is 5.56 Å². The van der Waals surface area contributed by atoms with E-state index in [4.69, 9.17) is 4.74 Å². The number of methoxy groups -OCH3 is 1. The average molecular weight is 302 g/mol. The first-order valence-electron chi connectivity index (χ1n) is 7.45. The molecule has 1 fully saturated rings. The van der Waals surface area contributed by atoms with Crippen LogP contribution >= 0.6 is 0 Å². The van der Waals surface area contributed by atoms with Crippen LogP contribution in [0, 0.1) is 5.92 Å². The number of benzene rings is 1. The van der Waals surface area contributed by atoms with Gasteiger partial charge in [-0.2, -0.15) is 0 Å². The van der Waals surface area contributed by atoms with Gasteiger partial charge >= 0.3 is 0 Å². The van der Waals surface area contributed by atoms with Crippen molar-refractivity contribution in [3.8, 4) is 5.75 Å². The number of nitrogens with zero attached hydrogens (tertiary/aromatic N) is 1. The predicted octanol–water partition coefficient (Wildman–Crippen LogP) is 1.91. The fourth-order valence-corrected chi connectivity index (χ4v) is 3.00. The van der Waals surface area contributed by atoms with E-state index in [0.29, 0.717) is 18.8 Å². The van der Waals surface area contributed by atoms with E-state index in [-0.39, 0.29) is 24.3 Å². The molecule has 0 bridgehead atoms. The van der Waals surface area contributed by atoms with Gasteiger partial charge in [-0.25, -0.2) is 0 Å².